The van der Waals surface area contributed by atoms with E-state index in [0.717, 1.165) is 44.6 Å². The van der Waals surface area contributed by atoms with Crippen LogP contribution in [-0.2, 0) is 17.6 Å². The Kier molecular flexibility index (Phi) is 4.40. The molecule has 2 atom stereocenters. The Balaban J connectivity index is 2.39. The molecule has 1 aromatic rings. The molecule has 1 aliphatic heterocycles. The van der Waals surface area contributed by atoms with Crippen molar-refractivity contribution in [2.75, 3.05) is 13.2 Å². The molecule has 0 spiro atoms. The summed E-state index contributed by atoms with van der Waals surface area (Å²) < 4.78 is 7.78. The first kappa shape index (κ1) is 13.6. The lowest BCUT2D eigenvalue weighted by molar-refractivity contribution is 0.0538. The first-order valence-electron chi connectivity index (χ1n) is 7.12. The molecular formula is C14H25N3O. The average Bonchev–Trinajstić information content (AvgIpc) is 2.78. The zero-order valence-electron chi connectivity index (χ0n) is 11.8. The molecule has 1 aliphatic rings. The minimum Gasteiger partial charge on any atom is -0.379 e. The summed E-state index contributed by atoms with van der Waals surface area (Å²) in [6, 6.07) is 0.458. The van der Waals surface area contributed by atoms with E-state index >= 15 is 0 Å². The van der Waals surface area contributed by atoms with Gasteiger partial charge in [-0.25, -0.2) is 0 Å². The van der Waals surface area contributed by atoms with Crippen LogP contribution < -0.4 is 5.73 Å². The van der Waals surface area contributed by atoms with Crippen molar-refractivity contribution in [3.05, 3.63) is 17.0 Å². The fourth-order valence-corrected chi connectivity index (χ4v) is 2.89. The molecule has 18 heavy (non-hydrogen) atoms. The highest BCUT2D eigenvalue weighted by atomic mass is 16.5. The Morgan fingerprint density at radius 3 is 2.72 bits per heavy atom. The van der Waals surface area contributed by atoms with Gasteiger partial charge in [0.1, 0.15) is 0 Å². The van der Waals surface area contributed by atoms with Crippen LogP contribution in [0.1, 0.15) is 62.6 Å². The van der Waals surface area contributed by atoms with Crippen LogP contribution in [0.4, 0.5) is 0 Å². The van der Waals surface area contributed by atoms with Gasteiger partial charge in [0, 0.05) is 23.9 Å². The maximum Gasteiger partial charge on any atom is 0.0756 e. The van der Waals surface area contributed by atoms with Crippen molar-refractivity contribution in [2.24, 2.45) is 5.73 Å². The minimum atomic E-state index is 0.0631. The first-order valence-corrected chi connectivity index (χ1v) is 7.12. The van der Waals surface area contributed by atoms with Gasteiger partial charge < -0.3 is 10.5 Å². The van der Waals surface area contributed by atoms with Crippen LogP contribution in [-0.4, -0.2) is 23.0 Å². The van der Waals surface area contributed by atoms with E-state index in [0.29, 0.717) is 6.04 Å². The number of aromatic nitrogens is 2. The van der Waals surface area contributed by atoms with Gasteiger partial charge in [0.25, 0.3) is 0 Å². The standard InChI is InChI=1S/C14H25N3O/c1-4-12-14(10(3)15)13(5-2)17(16-12)11-7-6-8-18-9-11/h10-11H,4-9,15H2,1-3H3. The lowest BCUT2D eigenvalue weighted by Crippen LogP contribution is -2.24. The lowest BCUT2D eigenvalue weighted by atomic mass is 10.0. The Morgan fingerprint density at radius 1 is 1.44 bits per heavy atom. The van der Waals surface area contributed by atoms with Crippen LogP contribution in [0.5, 0.6) is 0 Å². The molecule has 4 heteroatoms. The number of nitrogens with zero attached hydrogens (tertiary/aromatic N) is 2. The Bertz CT molecular complexity index is 392. The second kappa shape index (κ2) is 5.85. The summed E-state index contributed by atoms with van der Waals surface area (Å²) in [5, 5.41) is 4.80. The molecular weight excluding hydrogens is 226 g/mol. The molecule has 2 rings (SSSR count). The van der Waals surface area contributed by atoms with Gasteiger partial charge in [-0.2, -0.15) is 5.10 Å². The van der Waals surface area contributed by atoms with Gasteiger partial charge in [-0.15, -0.1) is 0 Å². The minimum absolute atomic E-state index is 0.0631. The summed E-state index contributed by atoms with van der Waals surface area (Å²) in [5.41, 5.74) is 9.84. The predicted octanol–water partition coefficient (Wildman–Crippen LogP) is 2.38. The van der Waals surface area contributed by atoms with Gasteiger partial charge in [-0.1, -0.05) is 13.8 Å². The highest BCUT2D eigenvalue weighted by Crippen LogP contribution is 2.28. The summed E-state index contributed by atoms with van der Waals surface area (Å²) in [4.78, 5) is 0. The second-order valence-electron chi connectivity index (χ2n) is 5.12. The van der Waals surface area contributed by atoms with Crippen LogP contribution in [0.15, 0.2) is 0 Å². The summed E-state index contributed by atoms with van der Waals surface area (Å²) >= 11 is 0. The third-order valence-electron chi connectivity index (χ3n) is 3.73. The summed E-state index contributed by atoms with van der Waals surface area (Å²) in [7, 11) is 0. The van der Waals surface area contributed by atoms with Crippen molar-refractivity contribution >= 4 is 0 Å². The molecule has 0 saturated carbocycles. The maximum atomic E-state index is 6.12. The molecule has 0 radical (unpaired) electrons. The first-order chi connectivity index (χ1) is 8.69. The molecule has 2 N–H and O–H groups in total. The Hall–Kier alpha value is -0.870. The zero-order valence-corrected chi connectivity index (χ0v) is 11.8. The molecule has 4 nitrogen and oxygen atoms in total. The largest absolute Gasteiger partial charge is 0.379 e. The average molecular weight is 251 g/mol. The number of ether oxygens (including phenoxy) is 1. The predicted molar refractivity (Wildman–Crippen MR) is 72.7 cm³/mol. The SMILES string of the molecule is CCc1nn(C2CCCOC2)c(CC)c1C(C)N. The normalized spacial score (nSPS) is 22.1. The molecule has 102 valence electrons. The second-order valence-corrected chi connectivity index (χ2v) is 5.12. The number of hydrogen-bond acceptors (Lipinski definition) is 3. The smallest absolute Gasteiger partial charge is 0.0756 e. The summed E-state index contributed by atoms with van der Waals surface area (Å²) in [5.74, 6) is 0. The molecule has 1 fully saturated rings. The third-order valence-corrected chi connectivity index (χ3v) is 3.73. The summed E-state index contributed by atoms with van der Waals surface area (Å²) in [6.07, 6.45) is 4.23. The van der Waals surface area contributed by atoms with E-state index in [1.165, 1.54) is 11.3 Å². The molecule has 0 amide bonds. The summed E-state index contributed by atoms with van der Waals surface area (Å²) in [6.45, 7) is 8.06. The van der Waals surface area contributed by atoms with Crippen molar-refractivity contribution in [1.82, 2.24) is 9.78 Å². The van der Waals surface area contributed by atoms with Gasteiger partial charge in [0.05, 0.1) is 18.3 Å². The fourth-order valence-electron chi connectivity index (χ4n) is 2.89. The van der Waals surface area contributed by atoms with Crippen LogP contribution in [0, 0.1) is 0 Å². The monoisotopic (exact) mass is 251 g/mol. The molecule has 1 saturated heterocycles. The Labute approximate surface area is 110 Å². The van der Waals surface area contributed by atoms with Gasteiger partial charge >= 0.3 is 0 Å². The van der Waals surface area contributed by atoms with Crippen LogP contribution in [0.2, 0.25) is 0 Å². The number of aryl methyl sites for hydroxylation is 1. The van der Waals surface area contributed by atoms with Gasteiger partial charge in [-0.3, -0.25) is 4.68 Å². The van der Waals surface area contributed by atoms with Gasteiger partial charge in [-0.05, 0) is 32.6 Å². The molecule has 1 aromatic heterocycles. The van der Waals surface area contributed by atoms with Crippen LogP contribution in [0.3, 0.4) is 0 Å². The molecule has 2 unspecified atom stereocenters. The van der Waals surface area contributed by atoms with Crippen molar-refractivity contribution < 1.29 is 4.74 Å². The highest BCUT2D eigenvalue weighted by Gasteiger charge is 2.24. The van der Waals surface area contributed by atoms with Crippen molar-refractivity contribution in [2.45, 2.75) is 58.5 Å². The molecule has 0 bridgehead atoms. The van der Waals surface area contributed by atoms with Crippen molar-refractivity contribution in [1.29, 1.82) is 0 Å². The quantitative estimate of drug-likeness (QED) is 0.894. The maximum absolute atomic E-state index is 6.12. The molecule has 0 aliphatic carbocycles. The van der Waals surface area contributed by atoms with E-state index < -0.39 is 0 Å². The van der Waals surface area contributed by atoms with Crippen LogP contribution in [0.25, 0.3) is 0 Å². The van der Waals surface area contributed by atoms with Crippen molar-refractivity contribution in [3.63, 3.8) is 0 Å². The van der Waals surface area contributed by atoms with Gasteiger partial charge in [0.15, 0.2) is 0 Å². The topological polar surface area (TPSA) is 53.1 Å². The van der Waals surface area contributed by atoms with E-state index in [4.69, 9.17) is 15.6 Å². The highest BCUT2D eigenvalue weighted by molar-refractivity contribution is 5.30. The Morgan fingerprint density at radius 2 is 2.22 bits per heavy atom. The van der Waals surface area contributed by atoms with Gasteiger partial charge in [0.2, 0.25) is 0 Å². The molecule has 0 aromatic carbocycles. The van der Waals surface area contributed by atoms with Crippen molar-refractivity contribution in [3.8, 4) is 0 Å². The molecule has 2 heterocycles. The zero-order chi connectivity index (χ0) is 13.1. The number of rotatable bonds is 4. The fraction of sp³-hybridized carbons (Fsp3) is 0.786. The number of nitrogens with two attached hydrogens (primary N) is 1. The number of hydrogen-bond donors (Lipinski definition) is 1. The van der Waals surface area contributed by atoms with Crippen LogP contribution >= 0.6 is 0 Å². The van der Waals surface area contributed by atoms with E-state index in [2.05, 4.69) is 25.5 Å². The van der Waals surface area contributed by atoms with E-state index in [1.54, 1.807) is 0 Å². The lowest BCUT2D eigenvalue weighted by Gasteiger charge is -2.24. The van der Waals surface area contributed by atoms with E-state index in [-0.39, 0.29) is 6.04 Å². The van der Waals surface area contributed by atoms with E-state index in [9.17, 15) is 0 Å². The van der Waals surface area contributed by atoms with E-state index in [1.807, 2.05) is 0 Å². The third kappa shape index (κ3) is 2.45.